The van der Waals surface area contributed by atoms with Crippen LogP contribution in [0.2, 0.25) is 0 Å². The van der Waals surface area contributed by atoms with Crippen LogP contribution in [0.3, 0.4) is 0 Å². The molecule has 1 saturated carbocycles. The van der Waals surface area contributed by atoms with Crippen LogP contribution in [-0.2, 0) is 11.3 Å². The van der Waals surface area contributed by atoms with Gasteiger partial charge in [-0.05, 0) is 37.1 Å². The average Bonchev–Trinajstić information content (AvgIpc) is 3.64. The third-order valence-corrected chi connectivity index (χ3v) is 9.14. The molecule has 0 unspecified atom stereocenters. The largest absolute Gasteiger partial charge is 0.462 e. The van der Waals surface area contributed by atoms with Crippen LogP contribution in [0.15, 0.2) is 52.5 Å². The number of nitrogens with zero attached hydrogens (tertiary/aromatic N) is 4. The van der Waals surface area contributed by atoms with Crippen LogP contribution in [0, 0.1) is 5.92 Å². The number of carbonyl (C=O) groups is 1. The molecule has 0 bridgehead atoms. The van der Waals surface area contributed by atoms with E-state index < -0.39 is 0 Å². The monoisotopic (exact) mass is 492 g/mol. The number of thiazole rings is 2. The molecule has 3 aromatic heterocycles. The maximum Gasteiger partial charge on any atom is 0.226 e. The Hall–Kier alpha value is -2.55. The number of rotatable bonds is 5. The van der Waals surface area contributed by atoms with Gasteiger partial charge in [0.05, 0.1) is 27.2 Å². The van der Waals surface area contributed by atoms with E-state index in [-0.39, 0.29) is 11.8 Å². The Morgan fingerprint density at radius 3 is 2.71 bits per heavy atom. The average molecular weight is 493 g/mol. The van der Waals surface area contributed by atoms with Gasteiger partial charge in [0.2, 0.25) is 5.91 Å². The van der Waals surface area contributed by atoms with E-state index >= 15 is 0 Å². The summed E-state index contributed by atoms with van der Waals surface area (Å²) >= 11 is 3.39. The third-order valence-electron chi connectivity index (χ3n) is 7.06. The maximum absolute atomic E-state index is 13.6. The molecule has 1 aliphatic heterocycles. The lowest BCUT2D eigenvalue weighted by Crippen LogP contribution is -2.51. The predicted octanol–water partition coefficient (Wildman–Crippen LogP) is 5.63. The van der Waals surface area contributed by atoms with E-state index in [1.807, 2.05) is 18.2 Å². The quantitative estimate of drug-likeness (QED) is 0.361. The number of hydrogen-bond acceptors (Lipinski definition) is 7. The molecule has 1 saturated heterocycles. The zero-order valence-electron chi connectivity index (χ0n) is 19.1. The summed E-state index contributed by atoms with van der Waals surface area (Å²) < 4.78 is 6.69. The second-order valence-electron chi connectivity index (χ2n) is 9.24. The number of furan rings is 1. The molecule has 2 atom stereocenters. The summed E-state index contributed by atoms with van der Waals surface area (Å²) in [6, 6.07) is 12.2. The van der Waals surface area contributed by atoms with Crippen LogP contribution >= 0.6 is 22.7 Å². The minimum absolute atomic E-state index is 0.0651. The predicted molar refractivity (Wildman–Crippen MR) is 136 cm³/mol. The van der Waals surface area contributed by atoms with E-state index in [1.54, 1.807) is 28.9 Å². The van der Waals surface area contributed by atoms with Gasteiger partial charge in [-0.2, -0.15) is 0 Å². The topological polar surface area (TPSA) is 62.5 Å². The van der Waals surface area contributed by atoms with E-state index in [0.717, 1.165) is 79.0 Å². The van der Waals surface area contributed by atoms with Crippen molar-refractivity contribution >= 4 is 38.8 Å². The molecule has 0 radical (unpaired) electrons. The summed E-state index contributed by atoms with van der Waals surface area (Å²) in [5, 5.41) is 4.18. The zero-order valence-corrected chi connectivity index (χ0v) is 20.7. The highest BCUT2D eigenvalue weighted by molar-refractivity contribution is 7.18. The van der Waals surface area contributed by atoms with Gasteiger partial charge in [0.1, 0.15) is 0 Å². The molecule has 1 amide bonds. The fraction of sp³-hybridized carbons (Fsp3) is 0.423. The standard InChI is InChI=1S/C26H28N4O2S2/c31-26(20-7-2-1-6-19(20)24-28-21-8-3-4-10-23(21)34-24)30-13-11-29(12-14-30)16-18-17-33-25(27-18)22-9-5-15-32-22/h3-5,8-10,15,17,19-20H,1-2,6-7,11-14,16H2/t19-,20-/m0/s1. The normalized spacial score (nSPS) is 21.8. The number of para-hydroxylation sites is 1. The lowest BCUT2D eigenvalue weighted by molar-refractivity contribution is -0.139. The van der Waals surface area contributed by atoms with Gasteiger partial charge in [0, 0.05) is 49.9 Å². The molecule has 2 fully saturated rings. The lowest BCUT2D eigenvalue weighted by Gasteiger charge is -2.38. The van der Waals surface area contributed by atoms with Gasteiger partial charge in [0.25, 0.3) is 0 Å². The van der Waals surface area contributed by atoms with Gasteiger partial charge in [-0.1, -0.05) is 25.0 Å². The van der Waals surface area contributed by atoms with E-state index in [9.17, 15) is 4.79 Å². The van der Waals surface area contributed by atoms with Crippen molar-refractivity contribution in [3.05, 3.63) is 58.7 Å². The molecule has 8 heteroatoms. The minimum Gasteiger partial charge on any atom is -0.462 e. The fourth-order valence-electron chi connectivity index (χ4n) is 5.25. The Bertz CT molecular complexity index is 1220. The van der Waals surface area contributed by atoms with Gasteiger partial charge < -0.3 is 9.32 Å². The molecule has 0 spiro atoms. The van der Waals surface area contributed by atoms with E-state index in [4.69, 9.17) is 14.4 Å². The van der Waals surface area contributed by atoms with Gasteiger partial charge in [-0.3, -0.25) is 9.69 Å². The lowest BCUT2D eigenvalue weighted by atomic mass is 9.78. The molecule has 1 aromatic carbocycles. The number of aromatic nitrogens is 2. The minimum atomic E-state index is 0.0651. The van der Waals surface area contributed by atoms with Crippen molar-refractivity contribution in [2.75, 3.05) is 26.2 Å². The Balaban J connectivity index is 1.09. The Morgan fingerprint density at radius 1 is 1.03 bits per heavy atom. The summed E-state index contributed by atoms with van der Waals surface area (Å²) in [6.07, 6.45) is 6.05. The molecular formula is C26H28N4O2S2. The Morgan fingerprint density at radius 2 is 1.88 bits per heavy atom. The summed E-state index contributed by atoms with van der Waals surface area (Å²) in [5.74, 6) is 1.47. The molecule has 6 rings (SSSR count). The molecule has 6 nitrogen and oxygen atoms in total. The van der Waals surface area contributed by atoms with Crippen LogP contribution in [0.1, 0.15) is 42.3 Å². The molecule has 176 valence electrons. The van der Waals surface area contributed by atoms with Gasteiger partial charge in [-0.15, -0.1) is 22.7 Å². The molecule has 2 aliphatic rings. The van der Waals surface area contributed by atoms with Crippen molar-refractivity contribution in [1.29, 1.82) is 0 Å². The van der Waals surface area contributed by atoms with Crippen LogP contribution in [0.25, 0.3) is 21.0 Å². The first-order valence-electron chi connectivity index (χ1n) is 12.1. The highest BCUT2D eigenvalue weighted by Crippen LogP contribution is 2.41. The van der Waals surface area contributed by atoms with Gasteiger partial charge in [0.15, 0.2) is 10.8 Å². The number of benzene rings is 1. The summed E-state index contributed by atoms with van der Waals surface area (Å²) in [5.41, 5.74) is 2.13. The molecule has 4 heterocycles. The maximum atomic E-state index is 13.6. The number of piperazine rings is 1. The van der Waals surface area contributed by atoms with Crippen molar-refractivity contribution in [1.82, 2.24) is 19.8 Å². The fourth-order valence-corrected chi connectivity index (χ4v) is 7.20. The number of carbonyl (C=O) groups excluding carboxylic acids is 1. The SMILES string of the molecule is O=C([C@H]1CCCC[C@@H]1c1nc2ccccc2s1)N1CCN(Cc2csc(-c3ccco3)n2)CC1. The Kier molecular flexibility index (Phi) is 6.20. The third kappa shape index (κ3) is 4.42. The number of fused-ring (bicyclic) bond motifs is 1. The van der Waals surface area contributed by atoms with Crippen molar-refractivity contribution in [3.8, 4) is 10.8 Å². The summed E-state index contributed by atoms with van der Waals surface area (Å²) in [6.45, 7) is 4.17. The second kappa shape index (κ2) is 9.60. The summed E-state index contributed by atoms with van der Waals surface area (Å²) in [4.78, 5) is 27.8. The van der Waals surface area contributed by atoms with Crippen LogP contribution in [0.5, 0.6) is 0 Å². The van der Waals surface area contributed by atoms with Gasteiger partial charge in [-0.25, -0.2) is 9.97 Å². The van der Waals surface area contributed by atoms with Crippen molar-refractivity contribution in [3.63, 3.8) is 0 Å². The smallest absolute Gasteiger partial charge is 0.226 e. The molecule has 34 heavy (non-hydrogen) atoms. The first-order chi connectivity index (χ1) is 16.7. The first kappa shape index (κ1) is 21.9. The first-order valence-corrected chi connectivity index (χ1v) is 13.8. The summed E-state index contributed by atoms with van der Waals surface area (Å²) in [7, 11) is 0. The van der Waals surface area contributed by atoms with E-state index in [0.29, 0.717) is 5.91 Å². The number of hydrogen-bond donors (Lipinski definition) is 0. The molecule has 0 N–H and O–H groups in total. The second-order valence-corrected chi connectivity index (χ2v) is 11.2. The van der Waals surface area contributed by atoms with E-state index in [1.165, 1.54) is 11.1 Å². The van der Waals surface area contributed by atoms with Crippen molar-refractivity contribution in [2.45, 2.75) is 38.1 Å². The number of amides is 1. The van der Waals surface area contributed by atoms with Crippen LogP contribution < -0.4 is 0 Å². The molecular weight excluding hydrogens is 464 g/mol. The van der Waals surface area contributed by atoms with Crippen molar-refractivity contribution < 1.29 is 9.21 Å². The zero-order chi connectivity index (χ0) is 22.9. The highest BCUT2D eigenvalue weighted by Gasteiger charge is 2.37. The van der Waals surface area contributed by atoms with E-state index in [2.05, 4.69) is 33.4 Å². The van der Waals surface area contributed by atoms with Crippen molar-refractivity contribution in [2.24, 2.45) is 5.92 Å². The molecule has 4 aromatic rings. The Labute approximate surface area is 207 Å². The molecule has 1 aliphatic carbocycles. The van der Waals surface area contributed by atoms with Crippen LogP contribution in [0.4, 0.5) is 0 Å². The van der Waals surface area contributed by atoms with Crippen LogP contribution in [-0.4, -0.2) is 51.9 Å². The highest BCUT2D eigenvalue weighted by atomic mass is 32.1. The van der Waals surface area contributed by atoms with Gasteiger partial charge >= 0.3 is 0 Å².